The third-order valence-corrected chi connectivity index (χ3v) is 4.17. The van der Waals surface area contributed by atoms with Gasteiger partial charge in [-0.2, -0.15) is 0 Å². The third-order valence-electron chi connectivity index (χ3n) is 4.17. The molecule has 0 spiro atoms. The van der Waals surface area contributed by atoms with Crippen molar-refractivity contribution in [3.63, 3.8) is 0 Å². The summed E-state index contributed by atoms with van der Waals surface area (Å²) in [6.07, 6.45) is 0. The van der Waals surface area contributed by atoms with Gasteiger partial charge < -0.3 is 9.42 Å². The van der Waals surface area contributed by atoms with Crippen molar-refractivity contribution in [1.29, 1.82) is 0 Å². The summed E-state index contributed by atoms with van der Waals surface area (Å²) in [6.45, 7) is 5.94. The summed E-state index contributed by atoms with van der Waals surface area (Å²) in [5.74, 6) is -0.409. The monoisotopic (exact) mass is 341 g/mol. The normalized spacial score (nSPS) is 11.3. The van der Waals surface area contributed by atoms with Crippen molar-refractivity contribution < 1.29 is 13.7 Å². The fourth-order valence-electron chi connectivity index (χ4n) is 2.74. The minimum atomic E-state index is -0.328. The molecule has 1 aromatic carbocycles. The van der Waals surface area contributed by atoms with Crippen molar-refractivity contribution in [3.05, 3.63) is 58.7 Å². The molecule has 0 bridgehead atoms. The van der Waals surface area contributed by atoms with Crippen LogP contribution in [0, 0.1) is 12.7 Å². The Balaban J connectivity index is 2.01. The highest BCUT2D eigenvalue weighted by atomic mass is 19.1. The number of rotatable bonds is 4. The number of halogens is 1. The molecule has 0 atom stereocenters. The summed E-state index contributed by atoms with van der Waals surface area (Å²) in [6, 6.07) is 8.22. The molecule has 0 aliphatic carbocycles. The van der Waals surface area contributed by atoms with Gasteiger partial charge in [-0.05, 0) is 25.0 Å². The highest BCUT2D eigenvalue weighted by Gasteiger charge is 2.22. The van der Waals surface area contributed by atoms with Crippen molar-refractivity contribution in [1.82, 2.24) is 15.0 Å². The first-order chi connectivity index (χ1) is 11.9. The summed E-state index contributed by atoms with van der Waals surface area (Å²) in [5, 5.41) is 4.53. The lowest BCUT2D eigenvalue weighted by Gasteiger charge is -2.19. The van der Waals surface area contributed by atoms with Gasteiger partial charge in [-0.25, -0.2) is 9.37 Å². The number of hydrogen-bond donors (Lipinski definition) is 0. The second kappa shape index (κ2) is 6.63. The second-order valence-corrected chi connectivity index (χ2v) is 6.45. The molecule has 25 heavy (non-hydrogen) atoms. The summed E-state index contributed by atoms with van der Waals surface area (Å²) in [5.41, 5.74) is 2.67. The first kappa shape index (κ1) is 17.1. The van der Waals surface area contributed by atoms with Crippen LogP contribution in [-0.4, -0.2) is 28.0 Å². The number of pyridine rings is 1. The predicted octanol–water partition coefficient (Wildman–Crippen LogP) is 4.07. The maximum atomic E-state index is 13.9. The van der Waals surface area contributed by atoms with Gasteiger partial charge in [-0.15, -0.1) is 0 Å². The highest BCUT2D eigenvalue weighted by Crippen LogP contribution is 2.26. The molecule has 0 aliphatic rings. The average molecular weight is 341 g/mol. The Morgan fingerprint density at radius 2 is 2.04 bits per heavy atom. The quantitative estimate of drug-likeness (QED) is 0.718. The van der Waals surface area contributed by atoms with Crippen LogP contribution in [0.3, 0.4) is 0 Å². The number of nitrogens with zero attached hydrogens (tertiary/aromatic N) is 3. The Bertz CT molecular complexity index is 934. The lowest BCUT2D eigenvalue weighted by molar-refractivity contribution is 0.0785. The molecule has 2 heterocycles. The third kappa shape index (κ3) is 3.24. The van der Waals surface area contributed by atoms with E-state index in [1.54, 1.807) is 38.2 Å². The van der Waals surface area contributed by atoms with Crippen LogP contribution >= 0.6 is 0 Å². The molecule has 0 N–H and O–H groups in total. The van der Waals surface area contributed by atoms with Gasteiger partial charge in [-0.1, -0.05) is 37.2 Å². The van der Waals surface area contributed by atoms with E-state index in [1.807, 2.05) is 13.8 Å². The molecule has 130 valence electrons. The number of hydrogen-bond acceptors (Lipinski definition) is 4. The van der Waals surface area contributed by atoms with E-state index in [2.05, 4.69) is 10.1 Å². The van der Waals surface area contributed by atoms with Gasteiger partial charge in [0.25, 0.3) is 11.6 Å². The van der Waals surface area contributed by atoms with Crippen LogP contribution in [0.15, 0.2) is 34.9 Å². The Labute approximate surface area is 145 Å². The second-order valence-electron chi connectivity index (χ2n) is 6.45. The molecule has 3 rings (SSSR count). The van der Waals surface area contributed by atoms with Crippen molar-refractivity contribution in [2.75, 3.05) is 7.05 Å². The maximum absolute atomic E-state index is 13.9. The molecule has 0 aliphatic heterocycles. The first-order valence-electron chi connectivity index (χ1n) is 8.14. The first-order valence-corrected chi connectivity index (χ1v) is 8.14. The van der Waals surface area contributed by atoms with E-state index in [9.17, 15) is 9.18 Å². The zero-order valence-electron chi connectivity index (χ0n) is 14.7. The lowest BCUT2D eigenvalue weighted by atomic mass is 10.0. The average Bonchev–Trinajstić information content (AvgIpc) is 2.96. The van der Waals surface area contributed by atoms with Gasteiger partial charge in [0.15, 0.2) is 0 Å². The van der Waals surface area contributed by atoms with E-state index in [1.165, 1.54) is 11.0 Å². The molecule has 6 heteroatoms. The maximum Gasteiger partial charge on any atom is 0.259 e. The van der Waals surface area contributed by atoms with E-state index in [4.69, 9.17) is 4.52 Å². The number of aryl methyl sites for hydroxylation is 1. The number of amides is 1. The van der Waals surface area contributed by atoms with Gasteiger partial charge in [0.05, 0.1) is 16.6 Å². The van der Waals surface area contributed by atoms with Crippen molar-refractivity contribution >= 4 is 17.0 Å². The minimum Gasteiger partial charge on any atom is -0.337 e. The Morgan fingerprint density at radius 1 is 1.32 bits per heavy atom. The fraction of sp³-hybridized carbons (Fsp3) is 0.316. The molecule has 0 saturated carbocycles. The summed E-state index contributed by atoms with van der Waals surface area (Å²) >= 11 is 0. The highest BCUT2D eigenvalue weighted by molar-refractivity contribution is 6.05. The Hall–Kier alpha value is -2.76. The van der Waals surface area contributed by atoms with E-state index in [0.29, 0.717) is 27.9 Å². The Kier molecular flexibility index (Phi) is 4.53. The topological polar surface area (TPSA) is 59.2 Å². The molecule has 2 aromatic heterocycles. The van der Waals surface area contributed by atoms with Crippen LogP contribution in [0.1, 0.15) is 47.1 Å². The van der Waals surface area contributed by atoms with Gasteiger partial charge in [0.1, 0.15) is 5.82 Å². The van der Waals surface area contributed by atoms with Crippen LogP contribution in [-0.2, 0) is 6.54 Å². The van der Waals surface area contributed by atoms with Crippen LogP contribution in [0.5, 0.6) is 0 Å². The minimum absolute atomic E-state index is 0.137. The van der Waals surface area contributed by atoms with Crippen molar-refractivity contribution in [2.24, 2.45) is 0 Å². The molecular formula is C19H20FN3O2. The lowest BCUT2D eigenvalue weighted by Crippen LogP contribution is -2.27. The number of fused-ring (bicyclic) bond motifs is 1. The van der Waals surface area contributed by atoms with Gasteiger partial charge in [0, 0.05) is 24.8 Å². The van der Waals surface area contributed by atoms with Crippen molar-refractivity contribution in [3.8, 4) is 0 Å². The molecule has 0 radical (unpaired) electrons. The number of aromatic nitrogens is 2. The number of benzene rings is 1. The van der Waals surface area contributed by atoms with Crippen LogP contribution < -0.4 is 0 Å². The van der Waals surface area contributed by atoms with Crippen LogP contribution in [0.2, 0.25) is 0 Å². The molecule has 1 amide bonds. The van der Waals surface area contributed by atoms with Gasteiger partial charge >= 0.3 is 0 Å². The molecule has 0 fully saturated rings. The molecular weight excluding hydrogens is 321 g/mol. The summed E-state index contributed by atoms with van der Waals surface area (Å²) in [7, 11) is 1.65. The van der Waals surface area contributed by atoms with Crippen LogP contribution in [0.25, 0.3) is 11.1 Å². The van der Waals surface area contributed by atoms with Crippen molar-refractivity contribution in [2.45, 2.75) is 33.2 Å². The summed E-state index contributed by atoms with van der Waals surface area (Å²) < 4.78 is 19.1. The van der Waals surface area contributed by atoms with E-state index < -0.39 is 0 Å². The van der Waals surface area contributed by atoms with Gasteiger partial charge in [0.2, 0.25) is 0 Å². The van der Waals surface area contributed by atoms with E-state index in [-0.39, 0.29) is 24.2 Å². The zero-order chi connectivity index (χ0) is 18.1. The van der Waals surface area contributed by atoms with E-state index >= 15 is 0 Å². The standard InChI is InChI=1S/C19H20FN3O2/c1-11(2)16-9-14(17-12(3)22-25-18(17)21-16)19(24)23(4)10-13-7-5-6-8-15(13)20/h5-9,11H,10H2,1-4H3. The molecule has 0 saturated heterocycles. The fourth-order valence-corrected chi connectivity index (χ4v) is 2.74. The van der Waals surface area contributed by atoms with E-state index in [0.717, 1.165) is 5.69 Å². The van der Waals surface area contributed by atoms with Crippen LogP contribution in [0.4, 0.5) is 4.39 Å². The Morgan fingerprint density at radius 3 is 2.72 bits per heavy atom. The molecule has 5 nitrogen and oxygen atoms in total. The summed E-state index contributed by atoms with van der Waals surface area (Å²) in [4.78, 5) is 18.9. The van der Waals surface area contributed by atoms with Gasteiger partial charge in [-0.3, -0.25) is 4.79 Å². The number of carbonyl (C=O) groups excluding carboxylic acids is 1. The predicted molar refractivity (Wildman–Crippen MR) is 92.8 cm³/mol. The number of carbonyl (C=O) groups is 1. The largest absolute Gasteiger partial charge is 0.337 e. The molecule has 0 unspecified atom stereocenters. The molecule has 3 aromatic rings. The smallest absolute Gasteiger partial charge is 0.259 e. The zero-order valence-corrected chi connectivity index (χ0v) is 14.7. The SMILES string of the molecule is Cc1noc2nc(C(C)C)cc(C(=O)N(C)Cc3ccccc3F)c12.